The first-order valence-electron chi connectivity index (χ1n) is 3.70. The lowest BCUT2D eigenvalue weighted by atomic mass is 9.93. The fourth-order valence-corrected chi connectivity index (χ4v) is 0.510. The van der Waals surface area contributed by atoms with Crippen LogP contribution in [0.1, 0.15) is 20.8 Å². The average molecular weight is 205 g/mol. The van der Waals surface area contributed by atoms with E-state index < -0.39 is 11.3 Å². The molecule has 74 valence electrons. The summed E-state index contributed by atoms with van der Waals surface area (Å²) < 4.78 is 0. The van der Waals surface area contributed by atoms with Crippen LogP contribution in [0.2, 0.25) is 0 Å². The number of amides is 2. The van der Waals surface area contributed by atoms with E-state index in [9.17, 15) is 9.59 Å². The van der Waals surface area contributed by atoms with Crippen molar-refractivity contribution < 1.29 is 9.59 Å². The van der Waals surface area contributed by atoms with Gasteiger partial charge >= 0.3 is 0 Å². The standard InChI is InChI=1S/C8H13ClN2O2/c1-5(9)8(3,4)7(13)11-10-6(2)12/h1H2,2-4H3,(H,10,12)(H,11,13). The van der Waals surface area contributed by atoms with E-state index in [-0.39, 0.29) is 10.9 Å². The molecule has 0 aliphatic carbocycles. The van der Waals surface area contributed by atoms with Crippen molar-refractivity contribution in [1.82, 2.24) is 10.9 Å². The van der Waals surface area contributed by atoms with Crippen LogP contribution in [0.25, 0.3) is 0 Å². The Morgan fingerprint density at radius 3 is 2.08 bits per heavy atom. The second-order valence-corrected chi connectivity index (χ2v) is 3.62. The van der Waals surface area contributed by atoms with Crippen molar-refractivity contribution in [2.45, 2.75) is 20.8 Å². The highest BCUT2D eigenvalue weighted by molar-refractivity contribution is 6.31. The SMILES string of the molecule is C=C(Cl)C(C)(C)C(=O)NNC(C)=O. The van der Waals surface area contributed by atoms with Gasteiger partial charge in [0.2, 0.25) is 11.8 Å². The number of hydrazine groups is 1. The van der Waals surface area contributed by atoms with Crippen molar-refractivity contribution in [2.24, 2.45) is 5.41 Å². The minimum Gasteiger partial charge on any atom is -0.274 e. The van der Waals surface area contributed by atoms with E-state index in [0.29, 0.717) is 0 Å². The molecule has 0 aliphatic rings. The van der Waals surface area contributed by atoms with Gasteiger partial charge < -0.3 is 0 Å². The highest BCUT2D eigenvalue weighted by atomic mass is 35.5. The molecule has 5 heteroatoms. The van der Waals surface area contributed by atoms with Crippen LogP contribution in [-0.2, 0) is 9.59 Å². The lowest BCUT2D eigenvalue weighted by molar-refractivity contribution is -0.132. The Hall–Kier alpha value is -1.03. The number of hydrogen-bond donors (Lipinski definition) is 2. The molecule has 0 atom stereocenters. The molecular weight excluding hydrogens is 192 g/mol. The predicted molar refractivity (Wildman–Crippen MR) is 50.7 cm³/mol. The highest BCUT2D eigenvalue weighted by Crippen LogP contribution is 2.27. The Labute approximate surface area is 82.3 Å². The molecule has 0 saturated carbocycles. The van der Waals surface area contributed by atoms with E-state index >= 15 is 0 Å². The van der Waals surface area contributed by atoms with Crippen LogP contribution < -0.4 is 10.9 Å². The summed E-state index contributed by atoms with van der Waals surface area (Å²) in [7, 11) is 0. The molecule has 13 heavy (non-hydrogen) atoms. The second-order valence-electron chi connectivity index (χ2n) is 3.17. The van der Waals surface area contributed by atoms with E-state index in [1.54, 1.807) is 13.8 Å². The van der Waals surface area contributed by atoms with Crippen molar-refractivity contribution in [3.05, 3.63) is 11.6 Å². The van der Waals surface area contributed by atoms with Crippen LogP contribution in [0.4, 0.5) is 0 Å². The normalized spacial score (nSPS) is 10.5. The number of hydrogen-bond acceptors (Lipinski definition) is 2. The number of rotatable bonds is 2. The zero-order chi connectivity index (χ0) is 10.6. The molecule has 4 nitrogen and oxygen atoms in total. The van der Waals surface area contributed by atoms with Crippen LogP contribution >= 0.6 is 11.6 Å². The Balaban J connectivity index is 4.26. The summed E-state index contributed by atoms with van der Waals surface area (Å²) in [6.45, 7) is 7.98. The van der Waals surface area contributed by atoms with Crippen LogP contribution in [0.5, 0.6) is 0 Å². The van der Waals surface area contributed by atoms with Crippen molar-refractivity contribution >= 4 is 23.4 Å². The third-order valence-electron chi connectivity index (χ3n) is 1.60. The monoisotopic (exact) mass is 204 g/mol. The van der Waals surface area contributed by atoms with E-state index in [0.717, 1.165) is 0 Å². The molecule has 0 spiro atoms. The summed E-state index contributed by atoms with van der Waals surface area (Å²) in [5, 5.41) is 0.218. The van der Waals surface area contributed by atoms with Crippen molar-refractivity contribution in [3.8, 4) is 0 Å². The molecule has 0 heterocycles. The summed E-state index contributed by atoms with van der Waals surface area (Å²) in [6, 6.07) is 0. The van der Waals surface area contributed by atoms with E-state index in [4.69, 9.17) is 11.6 Å². The summed E-state index contributed by atoms with van der Waals surface area (Å²) in [5.74, 6) is -0.743. The van der Waals surface area contributed by atoms with Crippen LogP contribution in [0, 0.1) is 5.41 Å². The van der Waals surface area contributed by atoms with Gasteiger partial charge in [0.05, 0.1) is 5.41 Å². The van der Waals surface area contributed by atoms with Gasteiger partial charge in [-0.2, -0.15) is 0 Å². The van der Waals surface area contributed by atoms with Gasteiger partial charge in [0, 0.05) is 12.0 Å². The molecule has 0 aromatic carbocycles. The molecule has 2 N–H and O–H groups in total. The molecule has 0 aromatic rings. The van der Waals surface area contributed by atoms with Gasteiger partial charge in [-0.25, -0.2) is 0 Å². The molecule has 0 radical (unpaired) electrons. The van der Waals surface area contributed by atoms with Gasteiger partial charge in [-0.1, -0.05) is 18.2 Å². The zero-order valence-corrected chi connectivity index (χ0v) is 8.66. The molecule has 0 aliphatic heterocycles. The van der Waals surface area contributed by atoms with E-state index in [1.165, 1.54) is 6.92 Å². The molecule has 0 bridgehead atoms. The lowest BCUT2D eigenvalue weighted by Gasteiger charge is -2.21. The quantitative estimate of drug-likeness (QED) is 0.658. The summed E-state index contributed by atoms with van der Waals surface area (Å²) >= 11 is 5.61. The van der Waals surface area contributed by atoms with Crippen LogP contribution in [0.3, 0.4) is 0 Å². The Bertz CT molecular complexity index is 249. The van der Waals surface area contributed by atoms with Gasteiger partial charge in [0.25, 0.3) is 0 Å². The maximum absolute atomic E-state index is 11.3. The molecule has 2 amide bonds. The molecule has 0 saturated heterocycles. The number of halogens is 1. The molecule has 0 fully saturated rings. The fourth-order valence-electron chi connectivity index (χ4n) is 0.424. The predicted octanol–water partition coefficient (Wildman–Crippen LogP) is 0.932. The maximum Gasteiger partial charge on any atom is 0.249 e. The van der Waals surface area contributed by atoms with Crippen molar-refractivity contribution in [1.29, 1.82) is 0 Å². The first-order valence-corrected chi connectivity index (χ1v) is 4.08. The third kappa shape index (κ3) is 3.46. The van der Waals surface area contributed by atoms with Crippen molar-refractivity contribution in [3.63, 3.8) is 0 Å². The smallest absolute Gasteiger partial charge is 0.249 e. The topological polar surface area (TPSA) is 58.2 Å². The maximum atomic E-state index is 11.3. The second kappa shape index (κ2) is 4.28. The third-order valence-corrected chi connectivity index (χ3v) is 2.07. The van der Waals surface area contributed by atoms with E-state index in [1.807, 2.05) is 0 Å². The van der Waals surface area contributed by atoms with Gasteiger partial charge in [0.15, 0.2) is 0 Å². The summed E-state index contributed by atoms with van der Waals surface area (Å²) in [4.78, 5) is 21.8. The summed E-state index contributed by atoms with van der Waals surface area (Å²) in [5.41, 5.74) is 3.49. The van der Waals surface area contributed by atoms with Gasteiger partial charge in [-0.15, -0.1) is 0 Å². The minimum absolute atomic E-state index is 0.218. The Morgan fingerprint density at radius 2 is 1.77 bits per heavy atom. The first kappa shape index (κ1) is 12.0. The van der Waals surface area contributed by atoms with E-state index in [2.05, 4.69) is 17.4 Å². The number of carbonyl (C=O) groups is 2. The Morgan fingerprint density at radius 1 is 1.31 bits per heavy atom. The molecular formula is C8H13ClN2O2. The fraction of sp³-hybridized carbons (Fsp3) is 0.500. The number of carbonyl (C=O) groups excluding carboxylic acids is 2. The molecule has 0 rings (SSSR count). The zero-order valence-electron chi connectivity index (χ0n) is 7.90. The average Bonchev–Trinajstić information content (AvgIpc) is 1.99. The van der Waals surface area contributed by atoms with Gasteiger partial charge in [-0.3, -0.25) is 20.4 Å². The van der Waals surface area contributed by atoms with Crippen LogP contribution in [-0.4, -0.2) is 11.8 Å². The highest BCUT2D eigenvalue weighted by Gasteiger charge is 2.29. The lowest BCUT2D eigenvalue weighted by Crippen LogP contribution is -2.46. The largest absolute Gasteiger partial charge is 0.274 e. The molecule has 0 unspecified atom stereocenters. The van der Waals surface area contributed by atoms with Crippen LogP contribution in [0.15, 0.2) is 11.6 Å². The minimum atomic E-state index is -0.899. The van der Waals surface area contributed by atoms with Gasteiger partial charge in [0.1, 0.15) is 0 Å². The van der Waals surface area contributed by atoms with Gasteiger partial charge in [-0.05, 0) is 13.8 Å². The summed E-state index contributed by atoms with van der Waals surface area (Å²) in [6.07, 6.45) is 0. The molecule has 0 aromatic heterocycles. The Kier molecular flexibility index (Phi) is 3.94. The first-order chi connectivity index (χ1) is 5.78. The number of nitrogens with one attached hydrogen (secondary N) is 2. The van der Waals surface area contributed by atoms with Crippen molar-refractivity contribution in [2.75, 3.05) is 0 Å².